The first kappa shape index (κ1) is 31.9. The standard InChI is InChI=1S/C20H24O5.C8H10.C2H6.CH4O/c1-12(2)17-10-16(25-20(17)22)11-23-19(21)7-5-15-9-14-8-13(3)4-6-18(14)24-15;1-7-3-5-8(2)6-4-7;2*1-2/h4,6,8,15-16H,5,7,9-11H2,1-3H3;3-6H,1-2H3;1-2H3;2H,1H3. The lowest BCUT2D eigenvalue weighted by molar-refractivity contribution is -0.152. The van der Waals surface area contributed by atoms with E-state index >= 15 is 0 Å². The zero-order valence-electron chi connectivity index (χ0n) is 23.7. The smallest absolute Gasteiger partial charge is 0.334 e. The highest BCUT2D eigenvalue weighted by atomic mass is 16.6. The Kier molecular flexibility index (Phi) is 14.3. The van der Waals surface area contributed by atoms with Gasteiger partial charge in [0, 0.05) is 31.9 Å². The lowest BCUT2D eigenvalue weighted by atomic mass is 10.0. The molecule has 2 unspecified atom stereocenters. The van der Waals surface area contributed by atoms with Gasteiger partial charge in [0.25, 0.3) is 0 Å². The predicted octanol–water partition coefficient (Wildman–Crippen LogP) is 6.21. The Morgan fingerprint density at radius 3 is 2.00 bits per heavy atom. The topological polar surface area (TPSA) is 82.1 Å². The summed E-state index contributed by atoms with van der Waals surface area (Å²) in [7, 11) is 1.00. The monoisotopic (exact) mass is 512 g/mol. The predicted molar refractivity (Wildman–Crippen MR) is 148 cm³/mol. The molecule has 2 aliphatic heterocycles. The number of ether oxygens (including phenoxy) is 3. The molecule has 6 heteroatoms. The lowest BCUT2D eigenvalue weighted by Gasteiger charge is -2.12. The van der Waals surface area contributed by atoms with Gasteiger partial charge in [-0.2, -0.15) is 0 Å². The Bertz CT molecular complexity index is 997. The van der Waals surface area contributed by atoms with Crippen LogP contribution in [0.5, 0.6) is 5.75 Å². The van der Waals surface area contributed by atoms with Crippen molar-refractivity contribution in [2.24, 2.45) is 0 Å². The van der Waals surface area contributed by atoms with Crippen molar-refractivity contribution in [2.45, 2.75) is 86.4 Å². The molecule has 1 N–H and O–H groups in total. The van der Waals surface area contributed by atoms with E-state index in [2.05, 4.69) is 51.1 Å². The molecule has 37 heavy (non-hydrogen) atoms. The van der Waals surface area contributed by atoms with E-state index in [4.69, 9.17) is 19.3 Å². The maximum absolute atomic E-state index is 12.0. The Balaban J connectivity index is 0.000000478. The van der Waals surface area contributed by atoms with Crippen LogP contribution in [0.25, 0.3) is 0 Å². The van der Waals surface area contributed by atoms with Crippen molar-refractivity contribution in [3.8, 4) is 5.75 Å². The largest absolute Gasteiger partial charge is 0.490 e. The lowest BCUT2D eigenvalue weighted by Crippen LogP contribution is -2.20. The van der Waals surface area contributed by atoms with E-state index in [1.165, 1.54) is 22.3 Å². The number of hydrogen-bond acceptors (Lipinski definition) is 6. The van der Waals surface area contributed by atoms with Crippen molar-refractivity contribution in [1.29, 1.82) is 0 Å². The van der Waals surface area contributed by atoms with E-state index in [-0.39, 0.29) is 30.8 Å². The molecule has 204 valence electrons. The van der Waals surface area contributed by atoms with Crippen molar-refractivity contribution in [3.63, 3.8) is 0 Å². The summed E-state index contributed by atoms with van der Waals surface area (Å²) >= 11 is 0. The van der Waals surface area contributed by atoms with Crippen LogP contribution in [0.15, 0.2) is 53.6 Å². The van der Waals surface area contributed by atoms with E-state index in [0.717, 1.165) is 24.9 Å². The number of benzene rings is 2. The second-order valence-electron chi connectivity index (χ2n) is 9.14. The Hall–Kier alpha value is -3.12. The number of carbonyl (C=O) groups is 2. The summed E-state index contributed by atoms with van der Waals surface area (Å²) in [5.41, 5.74) is 6.71. The van der Waals surface area contributed by atoms with Gasteiger partial charge in [-0.25, -0.2) is 4.79 Å². The SMILES string of the molecule is CC.CC(C)=C1CC(COC(=O)CCC2Cc3cc(C)ccc3O2)OC1=O.CO.Cc1ccc(C)cc1. The quantitative estimate of drug-likeness (QED) is 0.379. The summed E-state index contributed by atoms with van der Waals surface area (Å²) in [6.45, 7) is 14.1. The van der Waals surface area contributed by atoms with Crippen molar-refractivity contribution < 1.29 is 28.9 Å². The third-order valence-corrected chi connectivity index (χ3v) is 5.83. The summed E-state index contributed by atoms with van der Waals surface area (Å²) in [5, 5.41) is 7.00. The van der Waals surface area contributed by atoms with Crippen LogP contribution in [-0.2, 0) is 25.5 Å². The van der Waals surface area contributed by atoms with Crippen molar-refractivity contribution in [1.82, 2.24) is 0 Å². The van der Waals surface area contributed by atoms with E-state index in [1.807, 2.05) is 39.8 Å². The van der Waals surface area contributed by atoms with E-state index in [9.17, 15) is 9.59 Å². The minimum Gasteiger partial charge on any atom is -0.490 e. The number of aryl methyl sites for hydroxylation is 3. The molecule has 0 amide bonds. The van der Waals surface area contributed by atoms with E-state index < -0.39 is 0 Å². The third-order valence-electron chi connectivity index (χ3n) is 5.83. The first-order chi connectivity index (χ1) is 17.7. The van der Waals surface area contributed by atoms with Gasteiger partial charge in [-0.3, -0.25) is 4.79 Å². The van der Waals surface area contributed by atoms with Crippen molar-refractivity contribution in [3.05, 3.63) is 75.9 Å². The second-order valence-corrected chi connectivity index (χ2v) is 9.14. The maximum Gasteiger partial charge on any atom is 0.334 e. The van der Waals surface area contributed by atoms with Gasteiger partial charge in [-0.15, -0.1) is 0 Å². The summed E-state index contributed by atoms with van der Waals surface area (Å²) in [6, 6.07) is 14.6. The van der Waals surface area contributed by atoms with Gasteiger partial charge in [0.1, 0.15) is 24.6 Å². The highest BCUT2D eigenvalue weighted by Crippen LogP contribution is 2.31. The molecule has 6 nitrogen and oxygen atoms in total. The molecule has 0 radical (unpaired) electrons. The van der Waals surface area contributed by atoms with Gasteiger partial charge in [0.05, 0.1) is 0 Å². The van der Waals surface area contributed by atoms with E-state index in [0.29, 0.717) is 24.8 Å². The highest BCUT2D eigenvalue weighted by Gasteiger charge is 2.31. The molecule has 2 aromatic carbocycles. The second kappa shape index (κ2) is 16.6. The summed E-state index contributed by atoms with van der Waals surface area (Å²) in [6.07, 6.45) is 1.91. The molecule has 2 aliphatic rings. The van der Waals surface area contributed by atoms with Crippen LogP contribution in [0.2, 0.25) is 0 Å². The average molecular weight is 513 g/mol. The van der Waals surface area contributed by atoms with Crippen LogP contribution < -0.4 is 4.74 Å². The number of fused-ring (bicyclic) bond motifs is 1. The highest BCUT2D eigenvalue weighted by molar-refractivity contribution is 5.91. The maximum atomic E-state index is 12.0. The number of aliphatic hydroxyl groups is 1. The zero-order valence-corrected chi connectivity index (χ0v) is 23.7. The van der Waals surface area contributed by atoms with Crippen LogP contribution in [0.4, 0.5) is 0 Å². The normalized spacial score (nSPS) is 16.9. The first-order valence-corrected chi connectivity index (χ1v) is 13.0. The molecule has 0 bridgehead atoms. The van der Waals surface area contributed by atoms with Gasteiger partial charge in [-0.05, 0) is 52.7 Å². The molecule has 1 saturated heterocycles. The molecule has 0 aliphatic carbocycles. The Morgan fingerprint density at radius 2 is 1.46 bits per heavy atom. The van der Waals surface area contributed by atoms with Gasteiger partial charge in [-0.1, -0.05) is 72.5 Å². The van der Waals surface area contributed by atoms with Gasteiger partial charge in [0.15, 0.2) is 0 Å². The summed E-state index contributed by atoms with van der Waals surface area (Å²) in [5.74, 6) is 0.335. The molecule has 1 fully saturated rings. The molecule has 0 aromatic heterocycles. The molecule has 4 rings (SSSR count). The molecule has 0 spiro atoms. The number of cyclic esters (lactones) is 1. The van der Waals surface area contributed by atoms with Crippen molar-refractivity contribution >= 4 is 11.9 Å². The van der Waals surface area contributed by atoms with Crippen LogP contribution in [-0.4, -0.2) is 43.0 Å². The fourth-order valence-electron chi connectivity index (χ4n) is 3.86. The minimum absolute atomic E-state index is 0.0194. The van der Waals surface area contributed by atoms with Gasteiger partial charge in [0.2, 0.25) is 0 Å². The van der Waals surface area contributed by atoms with Crippen LogP contribution in [0.1, 0.15) is 69.2 Å². The Morgan fingerprint density at radius 1 is 0.892 bits per heavy atom. The molecule has 2 atom stereocenters. The number of rotatable bonds is 5. The number of esters is 2. The molecular formula is C31H44O6. The van der Waals surface area contributed by atoms with Crippen molar-refractivity contribution in [2.75, 3.05) is 13.7 Å². The van der Waals surface area contributed by atoms with Gasteiger partial charge >= 0.3 is 11.9 Å². The fraction of sp³-hybridized carbons (Fsp3) is 0.484. The number of carbonyl (C=O) groups excluding carboxylic acids is 2. The minimum atomic E-state index is -0.365. The van der Waals surface area contributed by atoms with Crippen LogP contribution >= 0.6 is 0 Å². The van der Waals surface area contributed by atoms with E-state index in [1.54, 1.807) is 0 Å². The fourth-order valence-corrected chi connectivity index (χ4v) is 3.86. The summed E-state index contributed by atoms with van der Waals surface area (Å²) in [4.78, 5) is 23.6. The zero-order chi connectivity index (χ0) is 28.0. The number of allylic oxidation sites excluding steroid dienone is 1. The molecule has 2 aromatic rings. The van der Waals surface area contributed by atoms with Crippen LogP contribution in [0.3, 0.4) is 0 Å². The summed E-state index contributed by atoms with van der Waals surface area (Å²) < 4.78 is 16.3. The van der Waals surface area contributed by atoms with Gasteiger partial charge < -0.3 is 19.3 Å². The molecule has 2 heterocycles. The number of hydrogen-bond donors (Lipinski definition) is 1. The average Bonchev–Trinajstić information content (AvgIpc) is 3.48. The van der Waals surface area contributed by atoms with Crippen LogP contribution in [0, 0.1) is 20.8 Å². The molecule has 0 saturated carbocycles. The first-order valence-electron chi connectivity index (χ1n) is 13.0. The molecular weight excluding hydrogens is 468 g/mol. The third kappa shape index (κ3) is 10.8. The number of aliphatic hydroxyl groups excluding tert-OH is 1. The Labute approximate surface area is 222 Å².